The van der Waals surface area contributed by atoms with Crippen molar-refractivity contribution in [2.75, 3.05) is 5.43 Å². The molecule has 0 radical (unpaired) electrons. The van der Waals surface area contributed by atoms with Gasteiger partial charge in [0.05, 0.1) is 11.9 Å². The van der Waals surface area contributed by atoms with Gasteiger partial charge in [-0.05, 0) is 23.6 Å². The van der Waals surface area contributed by atoms with Gasteiger partial charge < -0.3 is 0 Å². The molecule has 6 heteroatoms. The molecule has 0 fully saturated rings. The Labute approximate surface area is 127 Å². The molecule has 6 nitrogen and oxygen atoms in total. The van der Waals surface area contributed by atoms with E-state index in [1.54, 1.807) is 0 Å². The van der Waals surface area contributed by atoms with Crippen molar-refractivity contribution in [2.45, 2.75) is 6.42 Å². The summed E-state index contributed by atoms with van der Waals surface area (Å²) in [5.41, 5.74) is 8.94. The van der Waals surface area contributed by atoms with Gasteiger partial charge in [-0.2, -0.15) is 15.4 Å². The number of anilines is 1. The Balaban J connectivity index is 1.70. The van der Waals surface area contributed by atoms with Crippen LogP contribution in [0.15, 0.2) is 60.8 Å². The summed E-state index contributed by atoms with van der Waals surface area (Å²) in [6.45, 7) is 0. The molecule has 3 rings (SSSR count). The number of amides is 1. The molecule has 3 aromatic rings. The number of aromatic amines is 1. The maximum Gasteiger partial charge on any atom is 0.291 e. The Morgan fingerprint density at radius 1 is 1.05 bits per heavy atom. The molecule has 110 valence electrons. The van der Waals surface area contributed by atoms with Crippen molar-refractivity contribution < 1.29 is 4.79 Å². The van der Waals surface area contributed by atoms with Crippen molar-refractivity contribution in [2.24, 2.45) is 0 Å². The van der Waals surface area contributed by atoms with Gasteiger partial charge in [-0.15, -0.1) is 0 Å². The van der Waals surface area contributed by atoms with Crippen molar-refractivity contribution in [3.05, 3.63) is 77.6 Å². The van der Waals surface area contributed by atoms with Gasteiger partial charge in [-0.3, -0.25) is 15.6 Å². The average molecular weight is 293 g/mol. The molecule has 22 heavy (non-hydrogen) atoms. The van der Waals surface area contributed by atoms with Crippen LogP contribution in [0.5, 0.6) is 0 Å². The first-order valence-electron chi connectivity index (χ1n) is 6.87. The van der Waals surface area contributed by atoms with Crippen LogP contribution in [0.3, 0.4) is 0 Å². The Bertz CT molecular complexity index is 740. The second-order valence-electron chi connectivity index (χ2n) is 4.75. The molecule has 0 aliphatic carbocycles. The minimum atomic E-state index is -0.344. The van der Waals surface area contributed by atoms with Crippen LogP contribution in [-0.2, 0) is 6.42 Å². The normalized spacial score (nSPS) is 10.2. The quantitative estimate of drug-likeness (QED) is 0.629. The molecule has 3 N–H and O–H groups in total. The molecule has 2 aromatic carbocycles. The van der Waals surface area contributed by atoms with Crippen molar-refractivity contribution >= 4 is 11.6 Å². The van der Waals surface area contributed by atoms with Crippen LogP contribution in [0.2, 0.25) is 0 Å². The molecular formula is C16H15N5O. The fraction of sp³-hybridized carbons (Fsp3) is 0.0625. The highest BCUT2D eigenvalue weighted by atomic mass is 16.2. The number of para-hydroxylation sites is 1. The first kappa shape index (κ1) is 13.8. The van der Waals surface area contributed by atoms with Crippen LogP contribution in [0, 0.1) is 0 Å². The number of nitrogens with zero attached hydrogens (tertiary/aromatic N) is 2. The number of rotatable bonds is 5. The number of benzene rings is 2. The van der Waals surface area contributed by atoms with E-state index in [4.69, 9.17) is 0 Å². The van der Waals surface area contributed by atoms with E-state index < -0.39 is 0 Å². The lowest BCUT2D eigenvalue weighted by atomic mass is 10.0. The lowest BCUT2D eigenvalue weighted by Gasteiger charge is -2.12. The maximum absolute atomic E-state index is 11.9. The summed E-state index contributed by atoms with van der Waals surface area (Å²) in [6.07, 6.45) is 2.15. The van der Waals surface area contributed by atoms with E-state index in [2.05, 4.69) is 38.4 Å². The summed E-state index contributed by atoms with van der Waals surface area (Å²) >= 11 is 0. The SMILES string of the molecule is O=C(NNc1ccccc1Cc1ccccc1)c1cn[nH]n1. The molecule has 0 aliphatic rings. The van der Waals surface area contributed by atoms with Gasteiger partial charge in [0.1, 0.15) is 0 Å². The third-order valence-electron chi connectivity index (χ3n) is 3.21. The summed E-state index contributed by atoms with van der Waals surface area (Å²) in [6, 6.07) is 18.0. The first-order chi connectivity index (χ1) is 10.8. The number of aromatic nitrogens is 3. The van der Waals surface area contributed by atoms with E-state index in [1.807, 2.05) is 42.5 Å². The van der Waals surface area contributed by atoms with E-state index in [0.29, 0.717) is 0 Å². The molecule has 0 atom stereocenters. The molecule has 1 heterocycles. The van der Waals surface area contributed by atoms with Crippen LogP contribution in [-0.4, -0.2) is 21.3 Å². The molecule has 0 aliphatic heterocycles. The standard InChI is InChI=1S/C16H15N5O/c22-16(15-11-17-21-19-15)20-18-14-9-5-4-8-13(14)10-12-6-2-1-3-7-12/h1-9,11,18H,10H2,(H,20,22)(H,17,19,21). The van der Waals surface area contributed by atoms with Crippen molar-refractivity contribution in [3.8, 4) is 0 Å². The number of hydrazine groups is 1. The Morgan fingerprint density at radius 2 is 1.82 bits per heavy atom. The fourth-order valence-electron chi connectivity index (χ4n) is 2.11. The molecule has 0 saturated heterocycles. The summed E-state index contributed by atoms with van der Waals surface area (Å²) in [4.78, 5) is 11.9. The van der Waals surface area contributed by atoms with Crippen LogP contribution in [0.4, 0.5) is 5.69 Å². The van der Waals surface area contributed by atoms with Crippen LogP contribution >= 0.6 is 0 Å². The molecule has 0 unspecified atom stereocenters. The second-order valence-corrected chi connectivity index (χ2v) is 4.75. The minimum Gasteiger partial charge on any atom is -0.298 e. The number of hydrogen-bond acceptors (Lipinski definition) is 4. The van der Waals surface area contributed by atoms with E-state index in [9.17, 15) is 4.79 Å². The van der Waals surface area contributed by atoms with Gasteiger partial charge in [0.25, 0.3) is 5.91 Å². The highest BCUT2D eigenvalue weighted by Crippen LogP contribution is 2.18. The van der Waals surface area contributed by atoms with E-state index in [1.165, 1.54) is 11.8 Å². The monoisotopic (exact) mass is 293 g/mol. The third-order valence-corrected chi connectivity index (χ3v) is 3.21. The number of hydrogen-bond donors (Lipinski definition) is 3. The van der Waals surface area contributed by atoms with Crippen LogP contribution < -0.4 is 10.9 Å². The predicted molar refractivity (Wildman–Crippen MR) is 83.2 cm³/mol. The lowest BCUT2D eigenvalue weighted by molar-refractivity contribution is 0.0957. The molecule has 0 saturated carbocycles. The van der Waals surface area contributed by atoms with Crippen LogP contribution in [0.25, 0.3) is 0 Å². The minimum absolute atomic E-state index is 0.230. The smallest absolute Gasteiger partial charge is 0.291 e. The Kier molecular flexibility index (Phi) is 4.10. The molecule has 0 bridgehead atoms. The van der Waals surface area contributed by atoms with Crippen molar-refractivity contribution in [3.63, 3.8) is 0 Å². The van der Waals surface area contributed by atoms with Crippen LogP contribution in [0.1, 0.15) is 21.6 Å². The lowest BCUT2D eigenvalue weighted by Crippen LogP contribution is -2.30. The van der Waals surface area contributed by atoms with E-state index in [-0.39, 0.29) is 11.6 Å². The molecule has 1 amide bonds. The second kappa shape index (κ2) is 6.53. The van der Waals surface area contributed by atoms with Gasteiger partial charge in [0.15, 0.2) is 5.69 Å². The predicted octanol–water partition coefficient (Wildman–Crippen LogP) is 2.15. The Hall–Kier alpha value is -3.15. The molecular weight excluding hydrogens is 278 g/mol. The first-order valence-corrected chi connectivity index (χ1v) is 6.87. The van der Waals surface area contributed by atoms with Crippen molar-refractivity contribution in [1.82, 2.24) is 20.8 Å². The van der Waals surface area contributed by atoms with Gasteiger partial charge in [0.2, 0.25) is 0 Å². The maximum atomic E-state index is 11.9. The van der Waals surface area contributed by atoms with Gasteiger partial charge in [-0.1, -0.05) is 48.5 Å². The largest absolute Gasteiger partial charge is 0.298 e. The van der Waals surface area contributed by atoms with Gasteiger partial charge in [0, 0.05) is 0 Å². The fourth-order valence-corrected chi connectivity index (χ4v) is 2.11. The van der Waals surface area contributed by atoms with E-state index in [0.717, 1.165) is 17.7 Å². The van der Waals surface area contributed by atoms with Gasteiger partial charge in [-0.25, -0.2) is 0 Å². The zero-order valence-electron chi connectivity index (χ0n) is 11.8. The molecule has 0 spiro atoms. The summed E-state index contributed by atoms with van der Waals surface area (Å²) in [5.74, 6) is -0.344. The number of carbonyl (C=O) groups excluding carboxylic acids is 1. The highest BCUT2D eigenvalue weighted by molar-refractivity contribution is 5.92. The number of nitrogens with one attached hydrogen (secondary N) is 3. The topological polar surface area (TPSA) is 82.7 Å². The average Bonchev–Trinajstić information content (AvgIpc) is 3.09. The summed E-state index contributed by atoms with van der Waals surface area (Å²) in [5, 5.41) is 9.74. The van der Waals surface area contributed by atoms with Crippen molar-refractivity contribution in [1.29, 1.82) is 0 Å². The zero-order valence-corrected chi connectivity index (χ0v) is 11.8. The Morgan fingerprint density at radius 3 is 2.59 bits per heavy atom. The number of H-pyrrole nitrogens is 1. The highest BCUT2D eigenvalue weighted by Gasteiger charge is 2.09. The zero-order chi connectivity index (χ0) is 15.2. The van der Waals surface area contributed by atoms with E-state index >= 15 is 0 Å². The number of carbonyl (C=O) groups is 1. The third kappa shape index (κ3) is 3.29. The summed E-state index contributed by atoms with van der Waals surface area (Å²) < 4.78 is 0. The molecule has 1 aromatic heterocycles. The van der Waals surface area contributed by atoms with Gasteiger partial charge >= 0.3 is 0 Å². The summed E-state index contributed by atoms with van der Waals surface area (Å²) in [7, 11) is 0.